The van der Waals surface area contributed by atoms with Crippen LogP contribution in [-0.4, -0.2) is 37.2 Å². The molecule has 0 bridgehead atoms. The Balaban J connectivity index is 2.32. The number of aliphatic carboxylic acids is 1. The second-order valence-corrected chi connectivity index (χ2v) is 5.64. The summed E-state index contributed by atoms with van der Waals surface area (Å²) in [4.78, 5) is 23.3. The van der Waals surface area contributed by atoms with Gasteiger partial charge in [0.05, 0.1) is 11.8 Å². The molecule has 1 fully saturated rings. The highest BCUT2D eigenvalue weighted by molar-refractivity contribution is 5.85. The molecule has 0 aromatic heterocycles. The second-order valence-electron chi connectivity index (χ2n) is 5.64. The fraction of sp³-hybridized carbons (Fsp3) is 0.867. The van der Waals surface area contributed by atoms with Gasteiger partial charge < -0.3 is 15.2 Å². The van der Waals surface area contributed by atoms with Crippen LogP contribution in [0, 0.1) is 17.8 Å². The monoisotopic (exact) mass is 285 g/mol. The Labute approximate surface area is 121 Å². The van der Waals surface area contributed by atoms with Gasteiger partial charge in [0, 0.05) is 20.3 Å². The third-order valence-electron chi connectivity index (χ3n) is 4.22. The second kappa shape index (κ2) is 8.95. The maximum Gasteiger partial charge on any atom is 0.307 e. The number of amides is 1. The van der Waals surface area contributed by atoms with Gasteiger partial charge in [0.1, 0.15) is 0 Å². The fourth-order valence-corrected chi connectivity index (χ4v) is 2.93. The van der Waals surface area contributed by atoms with Crippen LogP contribution in [-0.2, 0) is 14.3 Å². The predicted octanol–water partition coefficient (Wildman–Crippen LogP) is 2.06. The number of hydrogen-bond acceptors (Lipinski definition) is 3. The molecular formula is C15H27NO4. The molecule has 5 heteroatoms. The van der Waals surface area contributed by atoms with E-state index in [1.807, 2.05) is 0 Å². The average molecular weight is 285 g/mol. The Morgan fingerprint density at radius 3 is 2.50 bits per heavy atom. The lowest BCUT2D eigenvalue weighted by Gasteiger charge is -2.15. The maximum atomic E-state index is 12.1. The van der Waals surface area contributed by atoms with E-state index >= 15 is 0 Å². The van der Waals surface area contributed by atoms with Gasteiger partial charge in [-0.15, -0.1) is 0 Å². The molecule has 2 N–H and O–H groups in total. The first-order valence-electron chi connectivity index (χ1n) is 7.59. The largest absolute Gasteiger partial charge is 0.481 e. The summed E-state index contributed by atoms with van der Waals surface area (Å²) in [6.45, 7) is 3.43. The van der Waals surface area contributed by atoms with Gasteiger partial charge in [-0.2, -0.15) is 0 Å². The maximum absolute atomic E-state index is 12.1. The van der Waals surface area contributed by atoms with Gasteiger partial charge in [-0.1, -0.05) is 13.3 Å². The Morgan fingerprint density at radius 2 is 1.90 bits per heavy atom. The predicted molar refractivity (Wildman–Crippen MR) is 76.4 cm³/mol. The van der Waals surface area contributed by atoms with Crippen molar-refractivity contribution in [2.45, 2.75) is 45.4 Å². The van der Waals surface area contributed by atoms with Crippen LogP contribution in [0.4, 0.5) is 0 Å². The minimum Gasteiger partial charge on any atom is -0.481 e. The molecule has 1 unspecified atom stereocenters. The molecule has 1 saturated carbocycles. The first-order chi connectivity index (χ1) is 9.60. The molecule has 0 spiro atoms. The van der Waals surface area contributed by atoms with Crippen LogP contribution in [0.25, 0.3) is 0 Å². The number of hydrogen-bond donors (Lipinski definition) is 2. The van der Waals surface area contributed by atoms with Gasteiger partial charge in [0.2, 0.25) is 5.91 Å². The smallest absolute Gasteiger partial charge is 0.307 e. The lowest BCUT2D eigenvalue weighted by Crippen LogP contribution is -2.35. The lowest BCUT2D eigenvalue weighted by atomic mass is 9.95. The molecule has 0 aliphatic heterocycles. The number of carbonyl (C=O) groups excluding carboxylic acids is 1. The Kier molecular flexibility index (Phi) is 7.59. The number of methoxy groups -OCH3 is 1. The van der Waals surface area contributed by atoms with Crippen molar-refractivity contribution in [1.29, 1.82) is 0 Å². The van der Waals surface area contributed by atoms with Crippen molar-refractivity contribution in [2.75, 3.05) is 20.3 Å². The molecule has 0 radical (unpaired) electrons. The number of carboxylic acid groups (broad SMARTS) is 1. The molecule has 3 atom stereocenters. The van der Waals surface area contributed by atoms with Crippen LogP contribution in [0.15, 0.2) is 0 Å². The van der Waals surface area contributed by atoms with E-state index in [-0.39, 0.29) is 11.8 Å². The SMILES string of the molecule is CCC1C[C@H](C(=O)NCCCCCOC)[C@H](C(=O)O)C1. The molecule has 0 aromatic carbocycles. The number of ether oxygens (including phenoxy) is 1. The summed E-state index contributed by atoms with van der Waals surface area (Å²) < 4.78 is 4.96. The summed E-state index contributed by atoms with van der Waals surface area (Å²) in [6, 6.07) is 0. The zero-order valence-corrected chi connectivity index (χ0v) is 12.6. The Hall–Kier alpha value is -1.10. The van der Waals surface area contributed by atoms with Crippen LogP contribution >= 0.6 is 0 Å². The first kappa shape index (κ1) is 17.0. The number of carboxylic acids is 1. The van der Waals surface area contributed by atoms with Gasteiger partial charge in [-0.25, -0.2) is 0 Å². The zero-order chi connectivity index (χ0) is 15.0. The molecule has 20 heavy (non-hydrogen) atoms. The van der Waals surface area contributed by atoms with Gasteiger partial charge in [-0.05, 0) is 38.0 Å². The average Bonchev–Trinajstić information content (AvgIpc) is 2.87. The normalized spacial score (nSPS) is 25.6. The summed E-state index contributed by atoms with van der Waals surface area (Å²) in [7, 11) is 1.68. The van der Waals surface area contributed by atoms with Gasteiger partial charge in [-0.3, -0.25) is 9.59 Å². The number of unbranched alkanes of at least 4 members (excludes halogenated alkanes) is 2. The minimum absolute atomic E-state index is 0.0832. The number of rotatable bonds is 9. The molecular weight excluding hydrogens is 258 g/mol. The highest BCUT2D eigenvalue weighted by Crippen LogP contribution is 2.38. The molecule has 5 nitrogen and oxygen atoms in total. The lowest BCUT2D eigenvalue weighted by molar-refractivity contribution is -0.146. The summed E-state index contributed by atoms with van der Waals surface area (Å²) in [5, 5.41) is 12.1. The number of carbonyl (C=O) groups is 2. The summed E-state index contributed by atoms with van der Waals surface area (Å²) in [5.74, 6) is -1.40. The van der Waals surface area contributed by atoms with Crippen molar-refractivity contribution in [3.05, 3.63) is 0 Å². The van der Waals surface area contributed by atoms with Gasteiger partial charge in [0.15, 0.2) is 0 Å². The molecule has 0 saturated heterocycles. The van der Waals surface area contributed by atoms with Gasteiger partial charge in [0.25, 0.3) is 0 Å². The Bertz CT molecular complexity index is 319. The summed E-state index contributed by atoms with van der Waals surface area (Å²) >= 11 is 0. The third kappa shape index (κ3) is 5.12. The van der Waals surface area contributed by atoms with Crippen LogP contribution in [0.5, 0.6) is 0 Å². The third-order valence-corrected chi connectivity index (χ3v) is 4.22. The van der Waals surface area contributed by atoms with Gasteiger partial charge >= 0.3 is 5.97 Å². The summed E-state index contributed by atoms with van der Waals surface area (Å²) in [5.41, 5.74) is 0. The van der Waals surface area contributed by atoms with E-state index < -0.39 is 11.9 Å². The fourth-order valence-electron chi connectivity index (χ4n) is 2.93. The first-order valence-corrected chi connectivity index (χ1v) is 7.59. The minimum atomic E-state index is -0.832. The van der Waals surface area contributed by atoms with E-state index in [4.69, 9.17) is 4.74 Å². The van der Waals surface area contributed by atoms with E-state index in [2.05, 4.69) is 12.2 Å². The van der Waals surface area contributed by atoms with Crippen molar-refractivity contribution in [3.8, 4) is 0 Å². The topological polar surface area (TPSA) is 75.6 Å². The zero-order valence-electron chi connectivity index (χ0n) is 12.6. The van der Waals surface area contributed by atoms with Crippen molar-refractivity contribution in [3.63, 3.8) is 0 Å². The highest BCUT2D eigenvalue weighted by Gasteiger charge is 2.41. The quantitative estimate of drug-likeness (QED) is 0.636. The van der Waals surface area contributed by atoms with Crippen LogP contribution < -0.4 is 5.32 Å². The Morgan fingerprint density at radius 1 is 1.20 bits per heavy atom. The molecule has 0 aromatic rings. The van der Waals surface area contributed by atoms with Crippen molar-refractivity contribution in [1.82, 2.24) is 5.32 Å². The molecule has 1 aliphatic carbocycles. The van der Waals surface area contributed by atoms with Crippen molar-refractivity contribution in [2.24, 2.45) is 17.8 Å². The van der Waals surface area contributed by atoms with E-state index in [0.717, 1.165) is 32.3 Å². The van der Waals surface area contributed by atoms with E-state index in [1.54, 1.807) is 7.11 Å². The molecule has 1 rings (SSSR count). The highest BCUT2D eigenvalue weighted by atomic mass is 16.5. The van der Waals surface area contributed by atoms with Crippen LogP contribution in [0.2, 0.25) is 0 Å². The molecule has 1 aliphatic rings. The van der Waals surface area contributed by atoms with Crippen LogP contribution in [0.3, 0.4) is 0 Å². The molecule has 1 amide bonds. The van der Waals surface area contributed by atoms with Crippen molar-refractivity contribution < 1.29 is 19.4 Å². The molecule has 0 heterocycles. The van der Waals surface area contributed by atoms with Crippen molar-refractivity contribution >= 4 is 11.9 Å². The van der Waals surface area contributed by atoms with E-state index in [1.165, 1.54) is 0 Å². The van der Waals surface area contributed by atoms with E-state index in [9.17, 15) is 14.7 Å². The molecule has 116 valence electrons. The van der Waals surface area contributed by atoms with Crippen LogP contribution in [0.1, 0.15) is 45.4 Å². The number of nitrogens with one attached hydrogen (secondary N) is 1. The summed E-state index contributed by atoms with van der Waals surface area (Å²) in [6.07, 6.45) is 5.21. The van der Waals surface area contributed by atoms with E-state index in [0.29, 0.717) is 25.3 Å². The standard InChI is InChI=1S/C15H27NO4/c1-3-11-9-12(13(10-11)15(18)19)14(17)16-7-5-4-6-8-20-2/h11-13H,3-10H2,1-2H3,(H,16,17)(H,18,19)/t11?,12-,13+/m0/s1.